The van der Waals surface area contributed by atoms with Crippen molar-refractivity contribution in [2.75, 3.05) is 27.2 Å². The van der Waals surface area contributed by atoms with E-state index in [1.807, 2.05) is 6.07 Å². The molecule has 21 heavy (non-hydrogen) atoms. The van der Waals surface area contributed by atoms with E-state index in [1.54, 1.807) is 0 Å². The zero-order valence-corrected chi connectivity index (χ0v) is 14.6. The summed E-state index contributed by atoms with van der Waals surface area (Å²) in [7, 11) is 4.18. The number of likely N-dealkylation sites (N-methyl/N-ethyl adjacent to an activating group) is 1. The summed E-state index contributed by atoms with van der Waals surface area (Å²) in [6.07, 6.45) is 2.21. The van der Waals surface area contributed by atoms with E-state index in [0.717, 1.165) is 25.1 Å². The summed E-state index contributed by atoms with van der Waals surface area (Å²) >= 11 is 0. The second-order valence-corrected chi connectivity index (χ2v) is 6.45. The van der Waals surface area contributed by atoms with Crippen molar-refractivity contribution >= 4 is 0 Å². The van der Waals surface area contributed by atoms with Crippen LogP contribution < -0.4 is 10.1 Å². The van der Waals surface area contributed by atoms with Gasteiger partial charge in [-0.2, -0.15) is 0 Å². The molecule has 1 aromatic rings. The third-order valence-corrected chi connectivity index (χ3v) is 4.13. The van der Waals surface area contributed by atoms with Crippen LogP contribution in [-0.2, 0) is 0 Å². The Hall–Kier alpha value is -1.06. The predicted molar refractivity (Wildman–Crippen MR) is 91.0 cm³/mol. The van der Waals surface area contributed by atoms with Gasteiger partial charge in [0.1, 0.15) is 12.4 Å². The van der Waals surface area contributed by atoms with E-state index in [9.17, 15) is 0 Å². The molecule has 0 aromatic heterocycles. The Morgan fingerprint density at radius 1 is 1.19 bits per heavy atom. The highest BCUT2D eigenvalue weighted by Crippen LogP contribution is 2.28. The molecule has 0 spiro atoms. The van der Waals surface area contributed by atoms with Crippen molar-refractivity contribution in [1.82, 2.24) is 10.2 Å². The smallest absolute Gasteiger partial charge is 0.124 e. The van der Waals surface area contributed by atoms with Gasteiger partial charge in [0.15, 0.2) is 0 Å². The molecule has 1 rings (SSSR count). The first-order chi connectivity index (χ1) is 9.92. The van der Waals surface area contributed by atoms with Crippen LogP contribution in [0.1, 0.15) is 52.1 Å². The zero-order chi connectivity index (χ0) is 15.9. The Kier molecular flexibility index (Phi) is 7.20. The van der Waals surface area contributed by atoms with Gasteiger partial charge in [-0.05, 0) is 53.4 Å². The molecular weight excluding hydrogens is 260 g/mol. The molecule has 0 aliphatic heterocycles. The first-order valence-electron chi connectivity index (χ1n) is 8.05. The number of nitrogens with one attached hydrogen (secondary N) is 1. The normalized spacial score (nSPS) is 13.5. The molecule has 0 aliphatic carbocycles. The molecule has 0 radical (unpaired) electrons. The molecule has 1 unspecified atom stereocenters. The fraction of sp³-hybridized carbons (Fsp3) is 0.667. The molecule has 0 heterocycles. The van der Waals surface area contributed by atoms with E-state index in [-0.39, 0.29) is 5.54 Å². The largest absolute Gasteiger partial charge is 0.491 e. The van der Waals surface area contributed by atoms with E-state index in [1.165, 1.54) is 5.56 Å². The van der Waals surface area contributed by atoms with Crippen LogP contribution in [0.5, 0.6) is 5.75 Å². The van der Waals surface area contributed by atoms with Crippen LogP contribution in [0.25, 0.3) is 0 Å². The number of nitrogens with zero attached hydrogens (tertiary/aromatic N) is 1. The Morgan fingerprint density at radius 3 is 2.43 bits per heavy atom. The highest BCUT2D eigenvalue weighted by molar-refractivity contribution is 5.36. The van der Waals surface area contributed by atoms with Crippen LogP contribution in [0.3, 0.4) is 0 Å². The Balaban J connectivity index is 2.83. The summed E-state index contributed by atoms with van der Waals surface area (Å²) in [5, 5.41) is 3.61. The average molecular weight is 292 g/mol. The van der Waals surface area contributed by atoms with Gasteiger partial charge in [-0.3, -0.25) is 0 Å². The number of benzene rings is 1. The summed E-state index contributed by atoms with van der Waals surface area (Å²) in [4.78, 5) is 2.20. The van der Waals surface area contributed by atoms with Crippen LogP contribution in [0, 0.1) is 0 Å². The lowest BCUT2D eigenvalue weighted by molar-refractivity contribution is 0.113. The van der Waals surface area contributed by atoms with Crippen molar-refractivity contribution in [1.29, 1.82) is 0 Å². The maximum atomic E-state index is 6.14. The lowest BCUT2D eigenvalue weighted by atomic mass is 10.0. The number of hydrogen-bond acceptors (Lipinski definition) is 3. The molecular formula is C18H32N2O. The van der Waals surface area contributed by atoms with E-state index >= 15 is 0 Å². The third-order valence-electron chi connectivity index (χ3n) is 4.13. The molecule has 0 amide bonds. The van der Waals surface area contributed by atoms with Crippen molar-refractivity contribution in [2.24, 2.45) is 0 Å². The van der Waals surface area contributed by atoms with Crippen LogP contribution in [0.4, 0.5) is 0 Å². The van der Waals surface area contributed by atoms with Gasteiger partial charge in [0.05, 0.1) is 0 Å². The SMILES string of the molecule is CCCNC(CC)c1ccccc1OCC(C)(C)N(C)C. The molecule has 0 aliphatic rings. The second kappa shape index (κ2) is 8.40. The van der Waals surface area contributed by atoms with Crippen molar-refractivity contribution in [3.8, 4) is 5.75 Å². The van der Waals surface area contributed by atoms with Crippen LogP contribution in [-0.4, -0.2) is 37.7 Å². The van der Waals surface area contributed by atoms with Crippen LogP contribution >= 0.6 is 0 Å². The lowest BCUT2D eigenvalue weighted by Crippen LogP contribution is -2.43. The lowest BCUT2D eigenvalue weighted by Gasteiger charge is -2.33. The average Bonchev–Trinajstić information content (AvgIpc) is 2.47. The summed E-state index contributed by atoms with van der Waals surface area (Å²) in [5.41, 5.74) is 1.29. The summed E-state index contributed by atoms with van der Waals surface area (Å²) in [5.74, 6) is 1.00. The van der Waals surface area contributed by atoms with Gasteiger partial charge in [-0.25, -0.2) is 0 Å². The molecule has 120 valence electrons. The van der Waals surface area contributed by atoms with Gasteiger partial charge in [-0.1, -0.05) is 32.0 Å². The molecule has 0 saturated heterocycles. The molecule has 0 saturated carbocycles. The van der Waals surface area contributed by atoms with Crippen molar-refractivity contribution in [3.05, 3.63) is 29.8 Å². The monoisotopic (exact) mass is 292 g/mol. The van der Waals surface area contributed by atoms with Gasteiger partial charge >= 0.3 is 0 Å². The van der Waals surface area contributed by atoms with Gasteiger partial charge in [0, 0.05) is 17.1 Å². The first-order valence-corrected chi connectivity index (χ1v) is 8.05. The Bertz CT molecular complexity index is 415. The topological polar surface area (TPSA) is 24.5 Å². The minimum atomic E-state index is 0.0195. The summed E-state index contributed by atoms with van der Waals surface area (Å²) < 4.78 is 6.14. The Labute approximate surface area is 130 Å². The molecule has 0 bridgehead atoms. The van der Waals surface area contributed by atoms with E-state index < -0.39 is 0 Å². The quantitative estimate of drug-likeness (QED) is 0.748. The number of ether oxygens (including phenoxy) is 1. The molecule has 3 nitrogen and oxygen atoms in total. The fourth-order valence-corrected chi connectivity index (χ4v) is 2.08. The minimum Gasteiger partial charge on any atom is -0.491 e. The molecule has 1 atom stereocenters. The standard InChI is InChI=1S/C18H32N2O/c1-7-13-19-16(8-2)15-11-9-10-12-17(15)21-14-18(3,4)20(5)6/h9-12,16,19H,7-8,13-14H2,1-6H3. The summed E-state index contributed by atoms with van der Waals surface area (Å²) in [6.45, 7) is 10.5. The van der Waals surface area contributed by atoms with Crippen molar-refractivity contribution in [3.63, 3.8) is 0 Å². The number of rotatable bonds is 9. The third kappa shape index (κ3) is 5.33. The predicted octanol–water partition coefficient (Wildman–Crippen LogP) is 3.86. The van der Waals surface area contributed by atoms with Gasteiger partial charge in [0.2, 0.25) is 0 Å². The first kappa shape index (κ1) is 18.0. The van der Waals surface area contributed by atoms with Crippen LogP contribution in [0.2, 0.25) is 0 Å². The fourth-order valence-electron chi connectivity index (χ4n) is 2.08. The maximum Gasteiger partial charge on any atom is 0.124 e. The van der Waals surface area contributed by atoms with Gasteiger partial charge < -0.3 is 15.0 Å². The highest BCUT2D eigenvalue weighted by Gasteiger charge is 2.22. The van der Waals surface area contributed by atoms with E-state index in [4.69, 9.17) is 4.74 Å². The molecule has 3 heteroatoms. The summed E-state index contributed by atoms with van der Waals surface area (Å²) in [6, 6.07) is 8.76. The molecule has 1 aromatic carbocycles. The minimum absolute atomic E-state index is 0.0195. The van der Waals surface area contributed by atoms with Gasteiger partial charge in [-0.15, -0.1) is 0 Å². The van der Waals surface area contributed by atoms with Crippen molar-refractivity contribution in [2.45, 2.75) is 52.1 Å². The van der Waals surface area contributed by atoms with E-state index in [2.05, 4.69) is 70.2 Å². The molecule has 1 N–H and O–H groups in total. The number of hydrogen-bond donors (Lipinski definition) is 1. The zero-order valence-electron chi connectivity index (χ0n) is 14.6. The Morgan fingerprint density at radius 2 is 1.86 bits per heavy atom. The number of para-hydroxylation sites is 1. The van der Waals surface area contributed by atoms with Crippen molar-refractivity contribution < 1.29 is 4.74 Å². The van der Waals surface area contributed by atoms with Gasteiger partial charge in [0.25, 0.3) is 0 Å². The second-order valence-electron chi connectivity index (χ2n) is 6.45. The molecule has 0 fully saturated rings. The van der Waals surface area contributed by atoms with E-state index in [0.29, 0.717) is 12.6 Å². The van der Waals surface area contributed by atoms with Crippen LogP contribution in [0.15, 0.2) is 24.3 Å². The highest BCUT2D eigenvalue weighted by atomic mass is 16.5. The maximum absolute atomic E-state index is 6.14.